The molecule has 1 fully saturated rings. The number of nitrogens with one attached hydrogen (secondary N) is 2. The summed E-state index contributed by atoms with van der Waals surface area (Å²) in [5, 5.41) is 4.13. The second-order valence-corrected chi connectivity index (χ2v) is 8.81. The summed E-state index contributed by atoms with van der Waals surface area (Å²) in [6.07, 6.45) is 4.31. The molecule has 0 spiro atoms. The maximum absolute atomic E-state index is 13.1. The number of hydrogen-bond acceptors (Lipinski definition) is 5. The van der Waals surface area contributed by atoms with Gasteiger partial charge in [-0.05, 0) is 30.7 Å². The Morgan fingerprint density at radius 2 is 1.88 bits per heavy atom. The summed E-state index contributed by atoms with van der Waals surface area (Å²) in [7, 11) is 1.31. The molecule has 1 amide bonds. The van der Waals surface area contributed by atoms with E-state index in [0.29, 0.717) is 21.6 Å². The molecule has 3 aromatic rings. The SMILES string of the molecule is COC(=O)c1[nH]c2ccc(Cl)cc2c1NC(=O)C(C)N1CCN(CC=Cc2ccccc2)CC1. The monoisotopic (exact) mass is 480 g/mol. The van der Waals surface area contributed by atoms with Gasteiger partial charge in [0.15, 0.2) is 0 Å². The molecule has 1 aromatic heterocycles. The summed E-state index contributed by atoms with van der Waals surface area (Å²) in [4.78, 5) is 33.0. The number of H-pyrrole nitrogens is 1. The van der Waals surface area contributed by atoms with Gasteiger partial charge in [-0.25, -0.2) is 4.79 Å². The number of benzene rings is 2. The average molecular weight is 481 g/mol. The molecule has 1 unspecified atom stereocenters. The number of halogens is 1. The molecule has 0 aliphatic carbocycles. The Balaban J connectivity index is 1.37. The molecule has 34 heavy (non-hydrogen) atoms. The van der Waals surface area contributed by atoms with Crippen molar-refractivity contribution in [3.8, 4) is 0 Å². The van der Waals surface area contributed by atoms with E-state index in [-0.39, 0.29) is 17.6 Å². The summed E-state index contributed by atoms with van der Waals surface area (Å²) in [5.41, 5.74) is 2.49. The first kappa shape index (κ1) is 24.0. The first-order valence-corrected chi connectivity index (χ1v) is 11.7. The summed E-state index contributed by atoms with van der Waals surface area (Å²) in [6, 6.07) is 15.1. The van der Waals surface area contributed by atoms with E-state index in [1.54, 1.807) is 18.2 Å². The Bertz CT molecular complexity index is 1180. The number of aromatic nitrogens is 1. The Hall–Kier alpha value is -3.13. The zero-order valence-electron chi connectivity index (χ0n) is 19.4. The molecule has 1 saturated heterocycles. The highest BCUT2D eigenvalue weighted by Crippen LogP contribution is 2.31. The van der Waals surface area contributed by atoms with Crippen LogP contribution < -0.4 is 5.32 Å². The van der Waals surface area contributed by atoms with Crippen LogP contribution in [0.3, 0.4) is 0 Å². The zero-order chi connectivity index (χ0) is 24.1. The highest BCUT2D eigenvalue weighted by molar-refractivity contribution is 6.31. The third kappa shape index (κ3) is 5.50. The van der Waals surface area contributed by atoms with Gasteiger partial charge in [0.2, 0.25) is 5.91 Å². The van der Waals surface area contributed by atoms with Crippen LogP contribution in [0.15, 0.2) is 54.6 Å². The molecule has 7 nitrogen and oxygen atoms in total. The van der Waals surface area contributed by atoms with E-state index in [4.69, 9.17) is 16.3 Å². The number of amides is 1. The van der Waals surface area contributed by atoms with E-state index in [9.17, 15) is 9.59 Å². The lowest BCUT2D eigenvalue weighted by molar-refractivity contribution is -0.121. The third-order valence-electron chi connectivity index (χ3n) is 6.21. The lowest BCUT2D eigenvalue weighted by atomic mass is 10.1. The van der Waals surface area contributed by atoms with E-state index in [0.717, 1.165) is 32.7 Å². The summed E-state index contributed by atoms with van der Waals surface area (Å²) in [5.74, 6) is -0.726. The highest BCUT2D eigenvalue weighted by Gasteiger charge is 2.27. The van der Waals surface area contributed by atoms with Crippen LogP contribution >= 0.6 is 11.6 Å². The molecular weight excluding hydrogens is 452 g/mol. The Morgan fingerprint density at radius 1 is 1.15 bits per heavy atom. The Morgan fingerprint density at radius 3 is 2.59 bits per heavy atom. The van der Waals surface area contributed by atoms with Gasteiger partial charge in [0, 0.05) is 48.6 Å². The first-order valence-electron chi connectivity index (χ1n) is 11.3. The van der Waals surface area contributed by atoms with Crippen LogP contribution in [-0.4, -0.2) is 72.5 Å². The van der Waals surface area contributed by atoms with E-state index in [1.807, 2.05) is 25.1 Å². The smallest absolute Gasteiger partial charge is 0.356 e. The second-order valence-electron chi connectivity index (χ2n) is 8.37. The van der Waals surface area contributed by atoms with Crippen LogP contribution in [0.25, 0.3) is 17.0 Å². The number of rotatable bonds is 7. The molecule has 1 atom stereocenters. The van der Waals surface area contributed by atoms with Crippen LogP contribution in [0.5, 0.6) is 0 Å². The van der Waals surface area contributed by atoms with Crippen molar-refractivity contribution in [2.24, 2.45) is 0 Å². The second kappa shape index (κ2) is 10.9. The number of anilines is 1. The lowest BCUT2D eigenvalue weighted by Gasteiger charge is -2.37. The standard InChI is InChI=1S/C26H29ClN4O3/c1-18(31-15-13-30(14-16-31)12-6-9-19-7-4-3-5-8-19)25(32)29-23-21-17-20(27)10-11-22(21)28-24(23)26(33)34-2/h3-11,17-18,28H,12-16H2,1-2H3,(H,29,32). The van der Waals surface area contributed by atoms with Gasteiger partial charge in [-0.2, -0.15) is 0 Å². The van der Waals surface area contributed by atoms with E-state index in [1.165, 1.54) is 12.7 Å². The van der Waals surface area contributed by atoms with E-state index >= 15 is 0 Å². The third-order valence-corrected chi connectivity index (χ3v) is 6.44. The maximum Gasteiger partial charge on any atom is 0.356 e. The van der Waals surface area contributed by atoms with Crippen LogP contribution in [0, 0.1) is 0 Å². The van der Waals surface area contributed by atoms with Gasteiger partial charge < -0.3 is 15.0 Å². The lowest BCUT2D eigenvalue weighted by Crippen LogP contribution is -2.52. The van der Waals surface area contributed by atoms with Gasteiger partial charge in [0.25, 0.3) is 0 Å². The molecule has 0 bridgehead atoms. The summed E-state index contributed by atoms with van der Waals surface area (Å²) < 4.78 is 4.89. The maximum atomic E-state index is 13.1. The van der Waals surface area contributed by atoms with Crippen molar-refractivity contribution in [2.75, 3.05) is 45.2 Å². The molecule has 4 rings (SSSR count). The summed E-state index contributed by atoms with van der Waals surface area (Å²) >= 11 is 6.16. The molecule has 2 heterocycles. The van der Waals surface area contributed by atoms with Crippen LogP contribution in [0.4, 0.5) is 5.69 Å². The fraction of sp³-hybridized carbons (Fsp3) is 0.308. The van der Waals surface area contributed by atoms with Crippen molar-refractivity contribution < 1.29 is 14.3 Å². The molecule has 0 saturated carbocycles. The van der Waals surface area contributed by atoms with Crippen molar-refractivity contribution in [2.45, 2.75) is 13.0 Å². The minimum Gasteiger partial charge on any atom is -0.464 e. The fourth-order valence-corrected chi connectivity index (χ4v) is 4.35. The minimum absolute atomic E-state index is 0.177. The number of carbonyl (C=O) groups is 2. The Labute approximate surface area is 204 Å². The number of carbonyl (C=O) groups excluding carboxylic acids is 2. The zero-order valence-corrected chi connectivity index (χ0v) is 20.1. The quantitative estimate of drug-likeness (QED) is 0.494. The van der Waals surface area contributed by atoms with Crippen molar-refractivity contribution in [3.05, 3.63) is 70.9 Å². The topological polar surface area (TPSA) is 77.7 Å². The van der Waals surface area contributed by atoms with Crippen molar-refractivity contribution >= 4 is 46.1 Å². The number of ether oxygens (including phenoxy) is 1. The van der Waals surface area contributed by atoms with Gasteiger partial charge in [0.05, 0.1) is 18.8 Å². The van der Waals surface area contributed by atoms with E-state index in [2.05, 4.69) is 44.4 Å². The fourth-order valence-electron chi connectivity index (χ4n) is 4.18. The molecule has 2 aromatic carbocycles. The largest absolute Gasteiger partial charge is 0.464 e. The van der Waals surface area contributed by atoms with Crippen LogP contribution in [0.1, 0.15) is 23.0 Å². The van der Waals surface area contributed by atoms with Crippen molar-refractivity contribution in [1.82, 2.24) is 14.8 Å². The van der Waals surface area contributed by atoms with Gasteiger partial charge in [-0.15, -0.1) is 0 Å². The predicted octanol–water partition coefficient (Wildman–Crippen LogP) is 4.27. The molecule has 2 N–H and O–H groups in total. The van der Waals surface area contributed by atoms with Gasteiger partial charge >= 0.3 is 5.97 Å². The molecule has 0 radical (unpaired) electrons. The first-order chi connectivity index (χ1) is 16.5. The summed E-state index contributed by atoms with van der Waals surface area (Å²) in [6.45, 7) is 6.11. The van der Waals surface area contributed by atoms with Gasteiger partial charge in [0.1, 0.15) is 5.69 Å². The number of piperazine rings is 1. The molecule has 8 heteroatoms. The van der Waals surface area contributed by atoms with Crippen molar-refractivity contribution in [1.29, 1.82) is 0 Å². The molecule has 178 valence electrons. The predicted molar refractivity (Wildman–Crippen MR) is 136 cm³/mol. The molecular formula is C26H29ClN4O3. The number of fused-ring (bicyclic) bond motifs is 1. The normalized spacial score (nSPS) is 16.1. The number of aromatic amines is 1. The number of hydrogen-bond donors (Lipinski definition) is 2. The molecule has 1 aliphatic heterocycles. The van der Waals surface area contributed by atoms with Crippen molar-refractivity contribution in [3.63, 3.8) is 0 Å². The molecule has 1 aliphatic rings. The average Bonchev–Trinajstić information content (AvgIpc) is 3.21. The van der Waals surface area contributed by atoms with Gasteiger partial charge in [-0.3, -0.25) is 14.6 Å². The van der Waals surface area contributed by atoms with E-state index < -0.39 is 5.97 Å². The number of methoxy groups -OCH3 is 1. The number of nitrogens with zero attached hydrogens (tertiary/aromatic N) is 2. The highest BCUT2D eigenvalue weighted by atomic mass is 35.5. The van der Waals surface area contributed by atoms with Gasteiger partial charge in [-0.1, -0.05) is 54.1 Å². The van der Waals surface area contributed by atoms with Crippen LogP contribution in [-0.2, 0) is 9.53 Å². The Kier molecular flexibility index (Phi) is 7.67. The van der Waals surface area contributed by atoms with Crippen LogP contribution in [0.2, 0.25) is 5.02 Å². The number of esters is 1. The minimum atomic E-state index is -0.549.